The number of halogens is 1. The van der Waals surface area contributed by atoms with Crippen molar-refractivity contribution in [3.8, 4) is 0 Å². The molecule has 2 rings (SSSR count). The maximum absolute atomic E-state index is 12.9. The van der Waals surface area contributed by atoms with Crippen LogP contribution in [0.4, 0.5) is 10.1 Å². The lowest BCUT2D eigenvalue weighted by Gasteiger charge is -2.28. The van der Waals surface area contributed by atoms with Gasteiger partial charge in [-0.1, -0.05) is 13.8 Å². The number of fused-ring (bicyclic) bond motifs is 1. The summed E-state index contributed by atoms with van der Waals surface area (Å²) in [6.45, 7) is 5.36. The van der Waals surface area contributed by atoms with Crippen molar-refractivity contribution in [2.45, 2.75) is 24.0 Å². The molecular weight excluding hydrogens is 197 g/mol. The number of hydrogen-bond acceptors (Lipinski definition) is 2. The average molecular weight is 211 g/mol. The third-order valence-corrected chi connectivity index (χ3v) is 4.08. The topological polar surface area (TPSA) is 12.0 Å². The second-order valence-electron chi connectivity index (χ2n) is 3.92. The zero-order valence-electron chi connectivity index (χ0n) is 8.38. The summed E-state index contributed by atoms with van der Waals surface area (Å²) in [6, 6.07) is 4.95. The van der Waals surface area contributed by atoms with Gasteiger partial charge in [-0.05, 0) is 24.1 Å². The standard InChI is InChI=1S/C11H14FNS/c1-7(2)11-6-13-9-5-8(12)3-4-10(9)14-11/h3-5,7,11,13H,6H2,1-2H3. The van der Waals surface area contributed by atoms with E-state index in [1.807, 2.05) is 17.8 Å². The van der Waals surface area contributed by atoms with Gasteiger partial charge in [0.15, 0.2) is 0 Å². The minimum Gasteiger partial charge on any atom is -0.383 e. The molecule has 0 radical (unpaired) electrons. The lowest BCUT2D eigenvalue weighted by atomic mass is 10.1. The molecule has 0 saturated carbocycles. The fourth-order valence-electron chi connectivity index (χ4n) is 1.53. The maximum Gasteiger partial charge on any atom is 0.125 e. The summed E-state index contributed by atoms with van der Waals surface area (Å²) < 4.78 is 12.9. The Bertz CT molecular complexity index is 338. The molecule has 0 fully saturated rings. The molecule has 1 aliphatic heterocycles. The van der Waals surface area contributed by atoms with Crippen molar-refractivity contribution in [3.63, 3.8) is 0 Å². The van der Waals surface area contributed by atoms with Gasteiger partial charge in [0.25, 0.3) is 0 Å². The number of thioether (sulfide) groups is 1. The highest BCUT2D eigenvalue weighted by Crippen LogP contribution is 2.37. The van der Waals surface area contributed by atoms with Gasteiger partial charge in [0.1, 0.15) is 5.82 Å². The minimum atomic E-state index is -0.167. The molecule has 76 valence electrons. The predicted octanol–water partition coefficient (Wildman–Crippen LogP) is 3.37. The molecule has 0 aliphatic carbocycles. The quantitative estimate of drug-likeness (QED) is 0.764. The van der Waals surface area contributed by atoms with Crippen molar-refractivity contribution < 1.29 is 4.39 Å². The Balaban J connectivity index is 2.23. The highest BCUT2D eigenvalue weighted by molar-refractivity contribution is 8.00. The summed E-state index contributed by atoms with van der Waals surface area (Å²) >= 11 is 1.84. The Labute approximate surface area is 88.1 Å². The van der Waals surface area contributed by atoms with Gasteiger partial charge in [0, 0.05) is 16.7 Å². The number of rotatable bonds is 1. The average Bonchev–Trinajstić information content (AvgIpc) is 2.16. The molecule has 3 heteroatoms. The Morgan fingerprint density at radius 3 is 3.00 bits per heavy atom. The van der Waals surface area contributed by atoms with Crippen LogP contribution in [0.25, 0.3) is 0 Å². The molecule has 14 heavy (non-hydrogen) atoms. The van der Waals surface area contributed by atoms with Crippen molar-refractivity contribution in [2.24, 2.45) is 5.92 Å². The van der Waals surface area contributed by atoms with E-state index >= 15 is 0 Å². The largest absolute Gasteiger partial charge is 0.383 e. The molecule has 1 aliphatic rings. The summed E-state index contributed by atoms with van der Waals surface area (Å²) in [6.07, 6.45) is 0. The monoisotopic (exact) mass is 211 g/mol. The summed E-state index contributed by atoms with van der Waals surface area (Å²) in [5.74, 6) is 0.477. The Morgan fingerprint density at radius 2 is 2.29 bits per heavy atom. The van der Waals surface area contributed by atoms with Crippen molar-refractivity contribution in [2.75, 3.05) is 11.9 Å². The van der Waals surface area contributed by atoms with Crippen LogP contribution in [0.5, 0.6) is 0 Å². The molecule has 1 aromatic carbocycles. The van der Waals surface area contributed by atoms with Crippen LogP contribution in [-0.2, 0) is 0 Å². The number of nitrogens with one attached hydrogen (secondary N) is 1. The number of benzene rings is 1. The van der Waals surface area contributed by atoms with E-state index in [4.69, 9.17) is 0 Å². The van der Waals surface area contributed by atoms with E-state index in [-0.39, 0.29) is 5.82 Å². The van der Waals surface area contributed by atoms with Crippen LogP contribution < -0.4 is 5.32 Å². The first kappa shape index (κ1) is 9.84. The van der Waals surface area contributed by atoms with Crippen molar-refractivity contribution in [3.05, 3.63) is 24.0 Å². The Hall–Kier alpha value is -0.700. The van der Waals surface area contributed by atoms with E-state index in [1.54, 1.807) is 6.07 Å². The van der Waals surface area contributed by atoms with Crippen LogP contribution in [0, 0.1) is 11.7 Å². The van der Waals surface area contributed by atoms with Crippen molar-refractivity contribution >= 4 is 17.4 Å². The van der Waals surface area contributed by atoms with E-state index < -0.39 is 0 Å². The van der Waals surface area contributed by atoms with Crippen LogP contribution in [0.15, 0.2) is 23.1 Å². The minimum absolute atomic E-state index is 0.167. The molecule has 1 nitrogen and oxygen atoms in total. The van der Waals surface area contributed by atoms with Gasteiger partial charge in [0.2, 0.25) is 0 Å². The molecule has 1 N–H and O–H groups in total. The highest BCUT2D eigenvalue weighted by Gasteiger charge is 2.21. The molecular formula is C11H14FNS. The second kappa shape index (κ2) is 3.81. The van der Waals surface area contributed by atoms with Crippen molar-refractivity contribution in [1.82, 2.24) is 0 Å². The fraction of sp³-hybridized carbons (Fsp3) is 0.455. The molecule has 0 aromatic heterocycles. The predicted molar refractivity (Wildman–Crippen MR) is 59.4 cm³/mol. The van der Waals surface area contributed by atoms with Crippen LogP contribution in [-0.4, -0.2) is 11.8 Å². The summed E-state index contributed by atoms with van der Waals surface area (Å²) in [5, 5.41) is 3.86. The van der Waals surface area contributed by atoms with Gasteiger partial charge >= 0.3 is 0 Å². The van der Waals surface area contributed by atoms with Gasteiger partial charge < -0.3 is 5.32 Å². The first-order chi connectivity index (χ1) is 6.66. The molecule has 1 heterocycles. The first-order valence-corrected chi connectivity index (χ1v) is 5.75. The Kier molecular flexibility index (Phi) is 2.68. The lowest BCUT2D eigenvalue weighted by molar-refractivity contribution is 0.614. The molecule has 1 aromatic rings. The maximum atomic E-state index is 12.9. The van der Waals surface area contributed by atoms with Gasteiger partial charge in [0.05, 0.1) is 5.69 Å². The van der Waals surface area contributed by atoms with Crippen LogP contribution in [0.1, 0.15) is 13.8 Å². The molecule has 0 bridgehead atoms. The normalized spacial score (nSPS) is 20.4. The Morgan fingerprint density at radius 1 is 1.50 bits per heavy atom. The second-order valence-corrected chi connectivity index (χ2v) is 5.20. The van der Waals surface area contributed by atoms with Crippen LogP contribution >= 0.6 is 11.8 Å². The fourth-order valence-corrected chi connectivity index (χ4v) is 2.70. The van der Waals surface area contributed by atoms with Gasteiger partial charge in [-0.15, -0.1) is 11.8 Å². The van der Waals surface area contributed by atoms with E-state index in [9.17, 15) is 4.39 Å². The van der Waals surface area contributed by atoms with Gasteiger partial charge in [-0.25, -0.2) is 4.39 Å². The molecule has 0 amide bonds. The highest BCUT2D eigenvalue weighted by atomic mass is 32.2. The van der Waals surface area contributed by atoms with Crippen molar-refractivity contribution in [1.29, 1.82) is 0 Å². The number of hydrogen-bond donors (Lipinski definition) is 1. The van der Waals surface area contributed by atoms with E-state index in [2.05, 4.69) is 19.2 Å². The third kappa shape index (κ3) is 1.87. The first-order valence-electron chi connectivity index (χ1n) is 4.87. The van der Waals surface area contributed by atoms with Crippen LogP contribution in [0.3, 0.4) is 0 Å². The van der Waals surface area contributed by atoms with Gasteiger partial charge in [-0.3, -0.25) is 0 Å². The number of anilines is 1. The molecule has 1 atom stereocenters. The zero-order chi connectivity index (χ0) is 10.1. The lowest BCUT2D eigenvalue weighted by Crippen LogP contribution is -2.25. The van der Waals surface area contributed by atoms with E-state index in [0.717, 1.165) is 17.1 Å². The SMILES string of the molecule is CC(C)C1CNc2cc(F)ccc2S1. The summed E-state index contributed by atoms with van der Waals surface area (Å²) in [5.41, 5.74) is 0.937. The molecule has 0 spiro atoms. The van der Waals surface area contributed by atoms with E-state index in [0.29, 0.717) is 11.2 Å². The van der Waals surface area contributed by atoms with E-state index in [1.165, 1.54) is 6.07 Å². The third-order valence-electron chi connectivity index (χ3n) is 2.46. The summed E-state index contributed by atoms with van der Waals surface area (Å²) in [4.78, 5) is 1.16. The van der Waals surface area contributed by atoms with Crippen LogP contribution in [0.2, 0.25) is 0 Å². The summed E-state index contributed by atoms with van der Waals surface area (Å²) in [7, 11) is 0. The smallest absolute Gasteiger partial charge is 0.125 e. The molecule has 1 unspecified atom stereocenters. The van der Waals surface area contributed by atoms with Gasteiger partial charge in [-0.2, -0.15) is 0 Å². The zero-order valence-corrected chi connectivity index (χ0v) is 9.20. The molecule has 0 saturated heterocycles.